The van der Waals surface area contributed by atoms with Crippen molar-refractivity contribution in [1.82, 2.24) is 9.78 Å². The van der Waals surface area contributed by atoms with E-state index < -0.39 is 0 Å². The van der Waals surface area contributed by atoms with Gasteiger partial charge in [0.2, 0.25) is 0 Å². The standard InChI is InChI=1S/C13H15Cl2N3/c1-9(2)18-7-6-10(17-18)8-16-13-11(14)4-3-5-12(13)15/h3-7,9,16H,8H2,1-2H3. The molecule has 96 valence electrons. The fourth-order valence-electron chi connectivity index (χ4n) is 1.60. The van der Waals surface area contributed by atoms with Crippen molar-refractivity contribution >= 4 is 28.9 Å². The van der Waals surface area contributed by atoms with E-state index in [1.165, 1.54) is 0 Å². The lowest BCUT2D eigenvalue weighted by Gasteiger charge is -2.09. The Morgan fingerprint density at radius 2 is 1.89 bits per heavy atom. The summed E-state index contributed by atoms with van der Waals surface area (Å²) in [5.74, 6) is 0. The van der Waals surface area contributed by atoms with Crippen molar-refractivity contribution in [3.8, 4) is 0 Å². The van der Waals surface area contributed by atoms with Gasteiger partial charge in [0.05, 0.1) is 28.0 Å². The average Bonchev–Trinajstić information content (AvgIpc) is 2.77. The Balaban J connectivity index is 2.07. The van der Waals surface area contributed by atoms with Gasteiger partial charge in [-0.3, -0.25) is 4.68 Å². The van der Waals surface area contributed by atoms with E-state index in [-0.39, 0.29) is 0 Å². The van der Waals surface area contributed by atoms with E-state index in [4.69, 9.17) is 23.2 Å². The third-order valence-electron chi connectivity index (χ3n) is 2.60. The number of nitrogens with one attached hydrogen (secondary N) is 1. The van der Waals surface area contributed by atoms with Crippen molar-refractivity contribution < 1.29 is 0 Å². The summed E-state index contributed by atoms with van der Waals surface area (Å²) in [6.45, 7) is 4.79. The number of aromatic nitrogens is 2. The Kier molecular flexibility index (Phi) is 4.15. The first-order valence-corrected chi connectivity index (χ1v) is 6.55. The van der Waals surface area contributed by atoms with Gasteiger partial charge in [0.15, 0.2) is 0 Å². The molecule has 0 radical (unpaired) electrons. The van der Waals surface area contributed by atoms with Crippen molar-refractivity contribution in [3.05, 3.63) is 46.2 Å². The van der Waals surface area contributed by atoms with Crippen LogP contribution >= 0.6 is 23.2 Å². The smallest absolute Gasteiger partial charge is 0.0815 e. The first kappa shape index (κ1) is 13.2. The molecule has 0 unspecified atom stereocenters. The number of benzene rings is 1. The molecule has 0 aliphatic carbocycles. The second kappa shape index (κ2) is 5.63. The fraction of sp³-hybridized carbons (Fsp3) is 0.308. The van der Waals surface area contributed by atoms with Crippen molar-refractivity contribution in [3.63, 3.8) is 0 Å². The lowest BCUT2D eigenvalue weighted by atomic mass is 10.3. The molecule has 1 aromatic carbocycles. The van der Waals surface area contributed by atoms with Gasteiger partial charge in [-0.1, -0.05) is 29.3 Å². The molecule has 1 aromatic heterocycles. The van der Waals surface area contributed by atoms with Crippen LogP contribution < -0.4 is 5.32 Å². The molecule has 0 bridgehead atoms. The summed E-state index contributed by atoms with van der Waals surface area (Å²) in [5, 5.41) is 8.90. The number of nitrogens with zero attached hydrogens (tertiary/aromatic N) is 2. The van der Waals surface area contributed by atoms with Crippen LogP contribution in [0.15, 0.2) is 30.5 Å². The molecule has 0 amide bonds. The predicted octanol–water partition coefficient (Wildman–Crippen LogP) is 4.38. The lowest BCUT2D eigenvalue weighted by Crippen LogP contribution is -2.05. The monoisotopic (exact) mass is 283 g/mol. The normalized spacial score (nSPS) is 10.9. The zero-order chi connectivity index (χ0) is 13.1. The highest BCUT2D eigenvalue weighted by Crippen LogP contribution is 2.30. The summed E-state index contributed by atoms with van der Waals surface area (Å²) < 4.78 is 1.92. The number of para-hydroxylation sites is 1. The van der Waals surface area contributed by atoms with Crippen molar-refractivity contribution in [2.24, 2.45) is 0 Å². The van der Waals surface area contributed by atoms with E-state index in [1.54, 1.807) is 0 Å². The average molecular weight is 284 g/mol. The number of anilines is 1. The van der Waals surface area contributed by atoms with Gasteiger partial charge in [0.1, 0.15) is 0 Å². The second-order valence-electron chi connectivity index (χ2n) is 4.33. The van der Waals surface area contributed by atoms with Gasteiger partial charge in [-0.25, -0.2) is 0 Å². The minimum Gasteiger partial charge on any atom is -0.377 e. The Morgan fingerprint density at radius 3 is 2.44 bits per heavy atom. The van der Waals surface area contributed by atoms with Gasteiger partial charge < -0.3 is 5.32 Å². The van der Waals surface area contributed by atoms with Crippen LogP contribution in [0.3, 0.4) is 0 Å². The van der Waals surface area contributed by atoms with Gasteiger partial charge in [0, 0.05) is 12.2 Å². The van der Waals surface area contributed by atoms with Crippen LogP contribution in [0.4, 0.5) is 5.69 Å². The topological polar surface area (TPSA) is 29.9 Å². The van der Waals surface area contributed by atoms with E-state index in [0.29, 0.717) is 22.6 Å². The van der Waals surface area contributed by atoms with Crippen LogP contribution in [0.5, 0.6) is 0 Å². The molecule has 1 N–H and O–H groups in total. The summed E-state index contributed by atoms with van der Waals surface area (Å²) in [7, 11) is 0. The Bertz CT molecular complexity index is 515. The minimum absolute atomic E-state index is 0.364. The molecule has 0 saturated carbocycles. The van der Waals surface area contributed by atoms with Gasteiger partial charge in [-0.15, -0.1) is 0 Å². The van der Waals surface area contributed by atoms with Crippen molar-refractivity contribution in [2.45, 2.75) is 26.4 Å². The summed E-state index contributed by atoms with van der Waals surface area (Å²) in [6, 6.07) is 7.79. The van der Waals surface area contributed by atoms with Gasteiger partial charge in [-0.2, -0.15) is 5.10 Å². The van der Waals surface area contributed by atoms with Crippen LogP contribution in [-0.4, -0.2) is 9.78 Å². The van der Waals surface area contributed by atoms with Crippen molar-refractivity contribution in [1.29, 1.82) is 0 Å². The van der Waals surface area contributed by atoms with Gasteiger partial charge in [0.25, 0.3) is 0 Å². The van der Waals surface area contributed by atoms with E-state index in [0.717, 1.165) is 11.4 Å². The third kappa shape index (κ3) is 2.98. The molecule has 1 heterocycles. The van der Waals surface area contributed by atoms with E-state index in [9.17, 15) is 0 Å². The van der Waals surface area contributed by atoms with E-state index >= 15 is 0 Å². The zero-order valence-electron chi connectivity index (χ0n) is 10.3. The quantitative estimate of drug-likeness (QED) is 0.902. The Hall–Kier alpha value is -1.19. The second-order valence-corrected chi connectivity index (χ2v) is 5.15. The summed E-state index contributed by atoms with van der Waals surface area (Å²) in [6.07, 6.45) is 1.97. The van der Waals surface area contributed by atoms with Crippen LogP contribution in [0, 0.1) is 0 Å². The number of rotatable bonds is 4. The number of hydrogen-bond acceptors (Lipinski definition) is 2. The van der Waals surface area contributed by atoms with Gasteiger partial charge >= 0.3 is 0 Å². The maximum absolute atomic E-state index is 6.08. The molecular weight excluding hydrogens is 269 g/mol. The largest absolute Gasteiger partial charge is 0.377 e. The van der Waals surface area contributed by atoms with Crippen LogP contribution in [0.1, 0.15) is 25.6 Å². The molecule has 2 rings (SSSR count). The summed E-state index contributed by atoms with van der Waals surface area (Å²) >= 11 is 12.2. The predicted molar refractivity (Wildman–Crippen MR) is 76.4 cm³/mol. The molecule has 0 aliphatic heterocycles. The maximum Gasteiger partial charge on any atom is 0.0815 e. The van der Waals surface area contributed by atoms with Crippen LogP contribution in [0.25, 0.3) is 0 Å². The van der Waals surface area contributed by atoms with Crippen LogP contribution in [-0.2, 0) is 6.54 Å². The molecule has 18 heavy (non-hydrogen) atoms. The van der Waals surface area contributed by atoms with Gasteiger partial charge in [-0.05, 0) is 32.0 Å². The molecule has 0 saturated heterocycles. The van der Waals surface area contributed by atoms with Crippen molar-refractivity contribution in [2.75, 3.05) is 5.32 Å². The Morgan fingerprint density at radius 1 is 1.22 bits per heavy atom. The molecule has 0 spiro atoms. The maximum atomic E-state index is 6.08. The Labute approximate surface area is 117 Å². The molecule has 0 fully saturated rings. The summed E-state index contributed by atoms with van der Waals surface area (Å²) in [5.41, 5.74) is 1.71. The molecule has 0 aliphatic rings. The number of hydrogen-bond donors (Lipinski definition) is 1. The highest BCUT2D eigenvalue weighted by atomic mass is 35.5. The highest BCUT2D eigenvalue weighted by Gasteiger charge is 2.06. The molecule has 3 nitrogen and oxygen atoms in total. The minimum atomic E-state index is 0.364. The first-order chi connectivity index (χ1) is 8.58. The molecular formula is C13H15Cl2N3. The van der Waals surface area contributed by atoms with Crippen LogP contribution in [0.2, 0.25) is 10.0 Å². The third-order valence-corrected chi connectivity index (χ3v) is 3.23. The summed E-state index contributed by atoms with van der Waals surface area (Å²) in [4.78, 5) is 0. The molecule has 5 heteroatoms. The SMILES string of the molecule is CC(C)n1ccc(CNc2c(Cl)cccc2Cl)n1. The highest BCUT2D eigenvalue weighted by molar-refractivity contribution is 6.39. The first-order valence-electron chi connectivity index (χ1n) is 5.80. The molecule has 2 aromatic rings. The number of halogens is 2. The van der Waals surface area contributed by atoms with E-state index in [1.807, 2.05) is 35.1 Å². The molecule has 0 atom stereocenters. The zero-order valence-corrected chi connectivity index (χ0v) is 11.8. The lowest BCUT2D eigenvalue weighted by molar-refractivity contribution is 0.527. The fourth-order valence-corrected chi connectivity index (χ4v) is 2.14. The van der Waals surface area contributed by atoms with E-state index in [2.05, 4.69) is 24.3 Å².